The highest BCUT2D eigenvalue weighted by atomic mass is 35.5. The lowest BCUT2D eigenvalue weighted by Gasteiger charge is -2.08. The van der Waals surface area contributed by atoms with Crippen molar-refractivity contribution >= 4 is 35.2 Å². The number of thioether (sulfide) groups is 1. The summed E-state index contributed by atoms with van der Waals surface area (Å²) in [6.07, 6.45) is 0. The first-order chi connectivity index (χ1) is 12.1. The standard InChI is InChI=1S/C18H18ClNO4S/c1-23-14-8-6-13(7-9-14)10-20-17(21)11-24-18(22)12-25-16-5-3-2-4-15(16)19/h2-9H,10-12H2,1H3,(H,20,21). The van der Waals surface area contributed by atoms with E-state index in [0.29, 0.717) is 11.6 Å². The number of hydrogen-bond donors (Lipinski definition) is 1. The summed E-state index contributed by atoms with van der Waals surface area (Å²) in [6.45, 7) is 0.0484. The zero-order valence-corrected chi connectivity index (χ0v) is 15.2. The number of amides is 1. The maximum absolute atomic E-state index is 11.7. The molecule has 1 amide bonds. The molecule has 0 aliphatic carbocycles. The van der Waals surface area contributed by atoms with E-state index in [4.69, 9.17) is 21.1 Å². The van der Waals surface area contributed by atoms with Crippen LogP contribution < -0.4 is 10.1 Å². The molecule has 0 unspecified atom stereocenters. The fraction of sp³-hybridized carbons (Fsp3) is 0.222. The molecule has 0 atom stereocenters. The van der Waals surface area contributed by atoms with Gasteiger partial charge in [0.25, 0.3) is 5.91 Å². The van der Waals surface area contributed by atoms with Gasteiger partial charge in [0.15, 0.2) is 6.61 Å². The van der Waals surface area contributed by atoms with Gasteiger partial charge in [-0.15, -0.1) is 11.8 Å². The van der Waals surface area contributed by atoms with Crippen LogP contribution in [-0.4, -0.2) is 31.3 Å². The molecule has 0 aromatic heterocycles. The number of esters is 1. The Labute approximate surface area is 155 Å². The number of hydrogen-bond acceptors (Lipinski definition) is 5. The molecule has 2 rings (SSSR count). The number of carbonyl (C=O) groups is 2. The zero-order valence-electron chi connectivity index (χ0n) is 13.7. The van der Waals surface area contributed by atoms with Crippen LogP contribution in [0.4, 0.5) is 0 Å². The molecule has 0 fully saturated rings. The van der Waals surface area contributed by atoms with Crippen molar-refractivity contribution in [1.82, 2.24) is 5.32 Å². The van der Waals surface area contributed by atoms with Crippen molar-refractivity contribution in [2.75, 3.05) is 19.5 Å². The summed E-state index contributed by atoms with van der Waals surface area (Å²) in [5.74, 6) is 0.0200. The lowest BCUT2D eigenvalue weighted by atomic mass is 10.2. The van der Waals surface area contributed by atoms with Crippen molar-refractivity contribution < 1.29 is 19.1 Å². The third-order valence-corrected chi connectivity index (χ3v) is 4.68. The van der Waals surface area contributed by atoms with Gasteiger partial charge in [-0.25, -0.2) is 0 Å². The molecular weight excluding hydrogens is 362 g/mol. The third kappa shape index (κ3) is 6.68. The second kappa shape index (κ2) is 9.96. The van der Waals surface area contributed by atoms with Crippen LogP contribution in [0.5, 0.6) is 5.75 Å². The molecule has 0 saturated carbocycles. The molecule has 132 valence electrons. The largest absolute Gasteiger partial charge is 0.497 e. The van der Waals surface area contributed by atoms with Gasteiger partial charge in [-0.2, -0.15) is 0 Å². The number of ether oxygens (including phenoxy) is 2. The average Bonchev–Trinajstić information content (AvgIpc) is 2.64. The van der Waals surface area contributed by atoms with Gasteiger partial charge >= 0.3 is 5.97 Å². The number of nitrogens with one attached hydrogen (secondary N) is 1. The van der Waals surface area contributed by atoms with Crippen LogP contribution >= 0.6 is 23.4 Å². The van der Waals surface area contributed by atoms with Crippen molar-refractivity contribution in [3.05, 3.63) is 59.1 Å². The van der Waals surface area contributed by atoms with Crippen molar-refractivity contribution in [2.45, 2.75) is 11.4 Å². The Morgan fingerprint density at radius 2 is 1.84 bits per heavy atom. The van der Waals surface area contributed by atoms with Crippen LogP contribution in [0.3, 0.4) is 0 Å². The second-order valence-electron chi connectivity index (χ2n) is 5.00. The average molecular weight is 380 g/mol. The quantitative estimate of drug-likeness (QED) is 0.563. The summed E-state index contributed by atoms with van der Waals surface area (Å²) >= 11 is 7.28. The molecule has 0 aliphatic heterocycles. The minimum atomic E-state index is -0.468. The first-order valence-corrected chi connectivity index (χ1v) is 8.87. The maximum atomic E-state index is 11.7. The predicted molar refractivity (Wildman–Crippen MR) is 98.0 cm³/mol. The van der Waals surface area contributed by atoms with Gasteiger partial charge < -0.3 is 14.8 Å². The number of methoxy groups -OCH3 is 1. The van der Waals surface area contributed by atoms with Gasteiger partial charge in [0.1, 0.15) is 5.75 Å². The summed E-state index contributed by atoms with van der Waals surface area (Å²) < 4.78 is 10.0. The van der Waals surface area contributed by atoms with Gasteiger partial charge in [-0.05, 0) is 29.8 Å². The fourth-order valence-electron chi connectivity index (χ4n) is 1.88. The van der Waals surface area contributed by atoms with E-state index < -0.39 is 5.97 Å². The Balaban J connectivity index is 1.66. The zero-order chi connectivity index (χ0) is 18.1. The van der Waals surface area contributed by atoms with E-state index in [-0.39, 0.29) is 18.3 Å². The minimum absolute atomic E-state index is 0.0928. The maximum Gasteiger partial charge on any atom is 0.316 e. The summed E-state index contributed by atoms with van der Waals surface area (Å²) in [7, 11) is 1.59. The molecule has 0 aliphatic rings. The minimum Gasteiger partial charge on any atom is -0.497 e. The van der Waals surface area contributed by atoms with Gasteiger partial charge in [-0.1, -0.05) is 35.9 Å². The van der Waals surface area contributed by atoms with Gasteiger partial charge in [0, 0.05) is 11.4 Å². The Hall–Kier alpha value is -2.18. The Morgan fingerprint density at radius 1 is 1.12 bits per heavy atom. The molecule has 2 aromatic carbocycles. The molecule has 7 heteroatoms. The van der Waals surface area contributed by atoms with E-state index in [1.165, 1.54) is 11.8 Å². The second-order valence-corrected chi connectivity index (χ2v) is 6.43. The summed E-state index contributed by atoms with van der Waals surface area (Å²) in [6, 6.07) is 14.6. The van der Waals surface area contributed by atoms with Crippen molar-refractivity contribution in [3.8, 4) is 5.75 Å². The van der Waals surface area contributed by atoms with E-state index >= 15 is 0 Å². The van der Waals surface area contributed by atoms with Crippen LogP contribution in [0.1, 0.15) is 5.56 Å². The van der Waals surface area contributed by atoms with Crippen LogP contribution in [-0.2, 0) is 20.9 Å². The lowest BCUT2D eigenvalue weighted by molar-refractivity contribution is -0.145. The molecule has 0 radical (unpaired) electrons. The smallest absolute Gasteiger partial charge is 0.316 e. The molecule has 2 aromatic rings. The predicted octanol–water partition coefficient (Wildman–Crippen LogP) is 3.30. The van der Waals surface area contributed by atoms with Crippen LogP contribution in [0.2, 0.25) is 5.02 Å². The summed E-state index contributed by atoms with van der Waals surface area (Å²) in [5.41, 5.74) is 0.926. The molecule has 5 nitrogen and oxygen atoms in total. The number of benzene rings is 2. The third-order valence-electron chi connectivity index (χ3n) is 3.20. The molecule has 1 N–H and O–H groups in total. The van der Waals surface area contributed by atoms with Crippen LogP contribution in [0.25, 0.3) is 0 Å². The van der Waals surface area contributed by atoms with Crippen LogP contribution in [0.15, 0.2) is 53.4 Å². The first kappa shape index (κ1) is 19.1. The number of rotatable bonds is 8. The SMILES string of the molecule is COc1ccc(CNC(=O)COC(=O)CSc2ccccc2Cl)cc1. The van der Waals surface area contributed by atoms with E-state index in [2.05, 4.69) is 5.32 Å². The topological polar surface area (TPSA) is 64.6 Å². The van der Waals surface area contributed by atoms with Crippen LogP contribution in [0, 0.1) is 0 Å². The van der Waals surface area contributed by atoms with Gasteiger partial charge in [0.2, 0.25) is 0 Å². The van der Waals surface area contributed by atoms with Crippen molar-refractivity contribution in [2.24, 2.45) is 0 Å². The van der Waals surface area contributed by atoms with Gasteiger partial charge in [0.05, 0.1) is 17.9 Å². The molecule has 0 saturated heterocycles. The van der Waals surface area contributed by atoms with E-state index in [1.807, 2.05) is 42.5 Å². The molecule has 0 spiro atoms. The molecule has 25 heavy (non-hydrogen) atoms. The molecule has 0 heterocycles. The lowest BCUT2D eigenvalue weighted by Crippen LogP contribution is -2.28. The van der Waals surface area contributed by atoms with E-state index in [0.717, 1.165) is 16.2 Å². The highest BCUT2D eigenvalue weighted by molar-refractivity contribution is 8.00. The molecular formula is C18H18ClNO4S. The van der Waals surface area contributed by atoms with Crippen molar-refractivity contribution in [3.63, 3.8) is 0 Å². The number of halogens is 1. The highest BCUT2D eigenvalue weighted by Crippen LogP contribution is 2.26. The Bertz CT molecular complexity index is 721. The Morgan fingerprint density at radius 3 is 2.52 bits per heavy atom. The highest BCUT2D eigenvalue weighted by Gasteiger charge is 2.09. The van der Waals surface area contributed by atoms with E-state index in [1.54, 1.807) is 13.2 Å². The fourth-order valence-corrected chi connectivity index (χ4v) is 2.92. The van der Waals surface area contributed by atoms with Gasteiger partial charge in [-0.3, -0.25) is 9.59 Å². The normalized spacial score (nSPS) is 10.2. The summed E-state index contributed by atoms with van der Waals surface area (Å²) in [4.78, 5) is 24.2. The summed E-state index contributed by atoms with van der Waals surface area (Å²) in [5, 5.41) is 3.27. The first-order valence-electron chi connectivity index (χ1n) is 7.51. The molecule has 0 bridgehead atoms. The monoisotopic (exact) mass is 379 g/mol. The van der Waals surface area contributed by atoms with Crippen molar-refractivity contribution in [1.29, 1.82) is 0 Å². The Kier molecular flexibility index (Phi) is 7.63. The number of carbonyl (C=O) groups excluding carboxylic acids is 2. The van der Waals surface area contributed by atoms with E-state index in [9.17, 15) is 9.59 Å².